The van der Waals surface area contributed by atoms with Crippen molar-refractivity contribution in [2.45, 2.75) is 26.8 Å². The fourth-order valence-electron chi connectivity index (χ4n) is 3.45. The summed E-state index contributed by atoms with van der Waals surface area (Å²) in [5.74, 6) is 1.24. The molecule has 2 atom stereocenters. The zero-order chi connectivity index (χ0) is 17.8. The number of nitrogens with zero attached hydrogens (tertiary/aromatic N) is 3. The minimum Gasteiger partial charge on any atom is -0.298 e. The molecule has 0 saturated carbocycles. The number of piperidine rings is 1. The van der Waals surface area contributed by atoms with E-state index in [-0.39, 0.29) is 5.91 Å². The molecule has 0 bridgehead atoms. The predicted molar refractivity (Wildman–Crippen MR) is 99.4 cm³/mol. The molecule has 0 radical (unpaired) electrons. The van der Waals surface area contributed by atoms with Crippen molar-refractivity contribution in [2.24, 2.45) is 11.8 Å². The van der Waals surface area contributed by atoms with E-state index in [1.165, 1.54) is 17.8 Å². The molecule has 3 rings (SSSR count). The lowest BCUT2D eigenvalue weighted by Crippen LogP contribution is -2.38. The Bertz CT molecular complexity index is 767. The molecular weight excluding hydrogens is 332 g/mol. The maximum absolute atomic E-state index is 12.3. The zero-order valence-electron chi connectivity index (χ0n) is 14.5. The predicted octanol–water partition coefficient (Wildman–Crippen LogP) is 3.74. The second-order valence-electron chi connectivity index (χ2n) is 6.93. The summed E-state index contributed by atoms with van der Waals surface area (Å²) in [5.41, 5.74) is 2.06. The Labute approximate surface area is 152 Å². The summed E-state index contributed by atoms with van der Waals surface area (Å²) < 4.78 is 0. The molecule has 25 heavy (non-hydrogen) atoms. The maximum atomic E-state index is 12.3. The van der Waals surface area contributed by atoms with E-state index in [4.69, 9.17) is 5.26 Å². The van der Waals surface area contributed by atoms with Crippen molar-refractivity contribution in [2.75, 3.05) is 18.4 Å². The van der Waals surface area contributed by atoms with Gasteiger partial charge < -0.3 is 0 Å². The van der Waals surface area contributed by atoms with E-state index >= 15 is 0 Å². The quantitative estimate of drug-likeness (QED) is 0.908. The molecule has 1 aromatic heterocycles. The summed E-state index contributed by atoms with van der Waals surface area (Å²) in [6.07, 6.45) is 1.29. The third-order valence-corrected chi connectivity index (χ3v) is 5.19. The molecule has 1 aromatic carbocycles. The van der Waals surface area contributed by atoms with Gasteiger partial charge in [0.25, 0.3) is 5.91 Å². The van der Waals surface area contributed by atoms with E-state index in [0.717, 1.165) is 37.2 Å². The van der Waals surface area contributed by atoms with Crippen molar-refractivity contribution >= 4 is 22.4 Å². The molecule has 130 valence electrons. The summed E-state index contributed by atoms with van der Waals surface area (Å²) >= 11 is 1.45. The number of nitriles is 1. The first-order valence-corrected chi connectivity index (χ1v) is 9.39. The summed E-state index contributed by atoms with van der Waals surface area (Å²) in [6.45, 7) is 7.64. The van der Waals surface area contributed by atoms with Gasteiger partial charge in [0, 0.05) is 30.6 Å². The van der Waals surface area contributed by atoms with E-state index in [1.54, 1.807) is 24.3 Å². The van der Waals surface area contributed by atoms with E-state index in [2.05, 4.69) is 29.0 Å². The van der Waals surface area contributed by atoms with Crippen LogP contribution in [0.15, 0.2) is 29.6 Å². The van der Waals surface area contributed by atoms with Crippen LogP contribution in [0.2, 0.25) is 0 Å². The highest BCUT2D eigenvalue weighted by Gasteiger charge is 2.22. The van der Waals surface area contributed by atoms with Gasteiger partial charge in [-0.3, -0.25) is 15.0 Å². The first-order chi connectivity index (χ1) is 12.0. The molecule has 1 fully saturated rings. The molecule has 1 N–H and O–H groups in total. The summed E-state index contributed by atoms with van der Waals surface area (Å²) in [6, 6.07) is 8.63. The van der Waals surface area contributed by atoms with Crippen LogP contribution in [0.1, 0.15) is 41.9 Å². The molecule has 2 heterocycles. The van der Waals surface area contributed by atoms with Gasteiger partial charge in [0.2, 0.25) is 0 Å². The Balaban J connectivity index is 1.59. The minimum absolute atomic E-state index is 0.203. The minimum atomic E-state index is -0.203. The van der Waals surface area contributed by atoms with E-state index in [1.807, 2.05) is 11.4 Å². The Morgan fingerprint density at radius 2 is 2.00 bits per heavy atom. The monoisotopic (exact) mass is 354 g/mol. The van der Waals surface area contributed by atoms with Gasteiger partial charge in [0.15, 0.2) is 5.13 Å². The Morgan fingerprint density at radius 3 is 2.64 bits per heavy atom. The van der Waals surface area contributed by atoms with Crippen LogP contribution in [0.5, 0.6) is 0 Å². The Kier molecular flexibility index (Phi) is 5.47. The number of anilines is 1. The van der Waals surface area contributed by atoms with Crippen LogP contribution in [0, 0.1) is 23.2 Å². The topological polar surface area (TPSA) is 69.0 Å². The zero-order valence-corrected chi connectivity index (χ0v) is 15.3. The van der Waals surface area contributed by atoms with Gasteiger partial charge >= 0.3 is 0 Å². The summed E-state index contributed by atoms with van der Waals surface area (Å²) in [7, 11) is 0. The van der Waals surface area contributed by atoms with Crippen LogP contribution in [0.3, 0.4) is 0 Å². The first kappa shape index (κ1) is 17.6. The summed E-state index contributed by atoms with van der Waals surface area (Å²) in [4.78, 5) is 19.3. The van der Waals surface area contributed by atoms with Crippen LogP contribution in [-0.2, 0) is 6.54 Å². The summed E-state index contributed by atoms with van der Waals surface area (Å²) in [5, 5.41) is 14.3. The second kappa shape index (κ2) is 7.77. The van der Waals surface area contributed by atoms with Crippen molar-refractivity contribution in [3.05, 3.63) is 46.5 Å². The lowest BCUT2D eigenvalue weighted by molar-refractivity contribution is 0.102. The number of carbonyl (C=O) groups excluding carboxylic acids is 1. The van der Waals surface area contributed by atoms with Gasteiger partial charge in [-0.25, -0.2) is 4.98 Å². The number of benzene rings is 1. The number of hydrogen-bond acceptors (Lipinski definition) is 5. The van der Waals surface area contributed by atoms with Crippen molar-refractivity contribution in [3.63, 3.8) is 0 Å². The molecule has 1 aliphatic rings. The van der Waals surface area contributed by atoms with E-state index in [9.17, 15) is 4.79 Å². The number of amides is 1. The molecule has 1 amide bonds. The third-order valence-electron chi connectivity index (χ3n) is 4.38. The number of likely N-dealkylation sites (tertiary alicyclic amines) is 1. The van der Waals surface area contributed by atoms with Crippen molar-refractivity contribution < 1.29 is 4.79 Å². The lowest BCUT2D eigenvalue weighted by atomic mass is 9.92. The van der Waals surface area contributed by atoms with Crippen molar-refractivity contribution in [1.29, 1.82) is 5.26 Å². The van der Waals surface area contributed by atoms with Crippen molar-refractivity contribution in [1.82, 2.24) is 9.88 Å². The van der Waals surface area contributed by atoms with Crippen LogP contribution < -0.4 is 5.32 Å². The van der Waals surface area contributed by atoms with Crippen LogP contribution in [0.25, 0.3) is 0 Å². The van der Waals surface area contributed by atoms with Gasteiger partial charge in [-0.15, -0.1) is 11.3 Å². The number of hydrogen-bond donors (Lipinski definition) is 1. The smallest absolute Gasteiger partial charge is 0.257 e. The van der Waals surface area contributed by atoms with Gasteiger partial charge in [0.1, 0.15) is 0 Å². The van der Waals surface area contributed by atoms with Crippen molar-refractivity contribution in [3.8, 4) is 6.07 Å². The average Bonchev–Trinajstić information content (AvgIpc) is 3.00. The third kappa shape index (κ3) is 4.65. The highest BCUT2D eigenvalue weighted by atomic mass is 32.1. The molecule has 1 aliphatic heterocycles. The lowest BCUT2D eigenvalue weighted by Gasteiger charge is -2.34. The van der Waals surface area contributed by atoms with Gasteiger partial charge in [-0.1, -0.05) is 13.8 Å². The fraction of sp³-hybridized carbons (Fsp3) is 0.421. The Hall–Kier alpha value is -2.23. The number of nitrogens with one attached hydrogen (secondary N) is 1. The number of rotatable bonds is 4. The van der Waals surface area contributed by atoms with Gasteiger partial charge in [0.05, 0.1) is 17.3 Å². The van der Waals surface area contributed by atoms with Crippen LogP contribution >= 0.6 is 11.3 Å². The SMILES string of the molecule is CC1CC(C)CN(Cc2csc(NC(=O)c3ccc(C#N)cc3)n2)C1. The van der Waals surface area contributed by atoms with E-state index in [0.29, 0.717) is 16.3 Å². The van der Waals surface area contributed by atoms with Gasteiger partial charge in [-0.05, 0) is 42.5 Å². The fourth-order valence-corrected chi connectivity index (χ4v) is 4.15. The highest BCUT2D eigenvalue weighted by Crippen LogP contribution is 2.24. The van der Waals surface area contributed by atoms with E-state index < -0.39 is 0 Å². The molecule has 2 unspecified atom stereocenters. The molecule has 6 heteroatoms. The standard InChI is InChI=1S/C19H22N4OS/c1-13-7-14(2)10-23(9-13)11-17-12-25-19(21-17)22-18(24)16-5-3-15(8-20)4-6-16/h3-6,12-14H,7,9-11H2,1-2H3,(H,21,22,24). The average molecular weight is 354 g/mol. The molecule has 2 aromatic rings. The maximum Gasteiger partial charge on any atom is 0.257 e. The molecule has 0 spiro atoms. The van der Waals surface area contributed by atoms with Gasteiger partial charge in [-0.2, -0.15) is 5.26 Å². The van der Waals surface area contributed by atoms with Crippen LogP contribution in [0.4, 0.5) is 5.13 Å². The highest BCUT2D eigenvalue weighted by molar-refractivity contribution is 7.13. The first-order valence-electron chi connectivity index (χ1n) is 8.51. The molecule has 5 nitrogen and oxygen atoms in total. The molecule has 1 saturated heterocycles. The largest absolute Gasteiger partial charge is 0.298 e. The molecule has 0 aliphatic carbocycles. The number of thiazole rings is 1. The number of aromatic nitrogens is 1. The molecular formula is C19H22N4OS. The normalized spacial score (nSPS) is 20.8. The Morgan fingerprint density at radius 1 is 1.32 bits per heavy atom. The number of carbonyl (C=O) groups is 1. The van der Waals surface area contributed by atoms with Crippen LogP contribution in [-0.4, -0.2) is 28.9 Å². The second-order valence-corrected chi connectivity index (χ2v) is 7.79.